The number of aromatic nitrogens is 2. The van der Waals surface area contributed by atoms with Gasteiger partial charge in [-0.3, -0.25) is 0 Å². The van der Waals surface area contributed by atoms with Gasteiger partial charge in [0.2, 0.25) is 0 Å². The minimum atomic E-state index is -0.235. The van der Waals surface area contributed by atoms with E-state index < -0.39 is 0 Å². The van der Waals surface area contributed by atoms with Gasteiger partial charge in [0.25, 0.3) is 0 Å². The zero-order valence-electron chi connectivity index (χ0n) is 16.8. The number of piperidine rings is 1. The van der Waals surface area contributed by atoms with E-state index in [0.717, 1.165) is 37.3 Å². The predicted octanol–water partition coefficient (Wildman–Crippen LogP) is 5.43. The molecule has 1 fully saturated rings. The van der Waals surface area contributed by atoms with Gasteiger partial charge < -0.3 is 15.6 Å². The van der Waals surface area contributed by atoms with Gasteiger partial charge >= 0.3 is 0 Å². The van der Waals surface area contributed by atoms with Crippen molar-refractivity contribution in [2.75, 3.05) is 25.4 Å². The maximum atomic E-state index is 13.3. The summed E-state index contributed by atoms with van der Waals surface area (Å²) in [6.45, 7) is 3.20. The Hall–Kier alpha value is -2.70. The average molecular weight is 421 g/mol. The van der Waals surface area contributed by atoms with Crippen molar-refractivity contribution in [2.24, 2.45) is 0 Å². The van der Waals surface area contributed by atoms with E-state index in [1.807, 2.05) is 0 Å². The number of benzene rings is 2. The van der Waals surface area contributed by atoms with Gasteiger partial charge in [0.05, 0.1) is 5.69 Å². The third kappa shape index (κ3) is 3.85. The molecule has 0 amide bonds. The first-order chi connectivity index (χ1) is 14.7. The molecule has 1 saturated heterocycles. The minimum Gasteiger partial charge on any atom is -0.375 e. The maximum absolute atomic E-state index is 13.3. The Labute approximate surface area is 179 Å². The molecule has 3 N–H and O–H groups in total. The minimum absolute atomic E-state index is 0.235. The van der Waals surface area contributed by atoms with E-state index in [0.29, 0.717) is 11.0 Å². The van der Waals surface area contributed by atoms with Crippen molar-refractivity contribution in [3.05, 3.63) is 71.0 Å². The second-order valence-corrected chi connectivity index (χ2v) is 9.10. The average Bonchev–Trinajstić information content (AvgIpc) is 3.37. The SMILES string of the molecule is Nc1nc(-c2ccc(F)cc2)c(CCN2CCC(c3c[nH]c4ccccc34)CC2)s1. The Morgan fingerprint density at radius 1 is 1.10 bits per heavy atom. The number of nitrogen functional groups attached to an aromatic ring is 1. The molecule has 2 aromatic heterocycles. The van der Waals surface area contributed by atoms with Crippen LogP contribution in [-0.4, -0.2) is 34.5 Å². The van der Waals surface area contributed by atoms with Crippen LogP contribution in [0.1, 0.15) is 29.2 Å². The maximum Gasteiger partial charge on any atom is 0.180 e. The Balaban J connectivity index is 1.22. The van der Waals surface area contributed by atoms with Gasteiger partial charge in [-0.25, -0.2) is 9.37 Å². The van der Waals surface area contributed by atoms with Crippen LogP contribution in [0.5, 0.6) is 0 Å². The molecule has 5 rings (SSSR count). The fraction of sp³-hybridized carbons (Fsp3) is 0.292. The molecule has 154 valence electrons. The summed E-state index contributed by atoms with van der Waals surface area (Å²) in [5.74, 6) is 0.382. The molecule has 0 aliphatic carbocycles. The molecule has 0 atom stereocenters. The van der Waals surface area contributed by atoms with Crippen molar-refractivity contribution in [1.82, 2.24) is 14.9 Å². The molecule has 30 heavy (non-hydrogen) atoms. The molecule has 0 bridgehead atoms. The normalized spacial score (nSPS) is 15.8. The van der Waals surface area contributed by atoms with Crippen LogP contribution < -0.4 is 5.73 Å². The van der Waals surface area contributed by atoms with Gasteiger partial charge in [0.15, 0.2) is 5.13 Å². The van der Waals surface area contributed by atoms with Gasteiger partial charge in [0, 0.05) is 34.1 Å². The monoisotopic (exact) mass is 420 g/mol. The molecule has 4 nitrogen and oxygen atoms in total. The van der Waals surface area contributed by atoms with E-state index in [1.165, 1.54) is 46.3 Å². The number of thiazole rings is 1. The van der Waals surface area contributed by atoms with Crippen LogP contribution in [0.2, 0.25) is 0 Å². The van der Waals surface area contributed by atoms with Crippen molar-refractivity contribution in [2.45, 2.75) is 25.2 Å². The summed E-state index contributed by atoms with van der Waals surface area (Å²) in [5.41, 5.74) is 10.5. The zero-order valence-corrected chi connectivity index (χ0v) is 17.6. The Morgan fingerprint density at radius 3 is 2.67 bits per heavy atom. The first-order valence-electron chi connectivity index (χ1n) is 10.5. The molecule has 1 aliphatic rings. The molecule has 0 spiro atoms. The summed E-state index contributed by atoms with van der Waals surface area (Å²) in [7, 11) is 0. The summed E-state index contributed by atoms with van der Waals surface area (Å²) in [5, 5.41) is 1.93. The van der Waals surface area contributed by atoms with E-state index in [2.05, 4.69) is 45.3 Å². The van der Waals surface area contributed by atoms with Crippen LogP contribution in [0.25, 0.3) is 22.2 Å². The largest absolute Gasteiger partial charge is 0.375 e. The summed E-state index contributed by atoms with van der Waals surface area (Å²) in [6.07, 6.45) is 5.47. The molecule has 0 radical (unpaired) electrons. The highest BCUT2D eigenvalue weighted by molar-refractivity contribution is 7.15. The number of likely N-dealkylation sites (tertiary alicyclic amines) is 1. The standard InChI is InChI=1S/C24H25FN4S/c25-18-7-5-17(6-8-18)23-22(30-24(26)28-23)11-14-29-12-9-16(10-13-29)20-15-27-21-4-2-1-3-19(20)21/h1-8,15-16,27H,9-14H2,(H2,26,28). The number of aromatic amines is 1. The van der Waals surface area contributed by atoms with Crippen LogP contribution in [0.4, 0.5) is 9.52 Å². The van der Waals surface area contributed by atoms with E-state index >= 15 is 0 Å². The molecule has 2 aromatic carbocycles. The summed E-state index contributed by atoms with van der Waals surface area (Å²) >= 11 is 1.54. The number of anilines is 1. The van der Waals surface area contributed by atoms with Gasteiger partial charge in [-0.15, -0.1) is 11.3 Å². The van der Waals surface area contributed by atoms with Crippen molar-refractivity contribution in [1.29, 1.82) is 0 Å². The molecular formula is C24H25FN4S. The lowest BCUT2D eigenvalue weighted by atomic mass is 9.89. The first-order valence-corrected chi connectivity index (χ1v) is 11.3. The smallest absolute Gasteiger partial charge is 0.180 e. The van der Waals surface area contributed by atoms with E-state index in [-0.39, 0.29) is 5.82 Å². The van der Waals surface area contributed by atoms with Crippen LogP contribution in [-0.2, 0) is 6.42 Å². The van der Waals surface area contributed by atoms with Crippen molar-refractivity contribution in [3.8, 4) is 11.3 Å². The highest BCUT2D eigenvalue weighted by Gasteiger charge is 2.23. The summed E-state index contributed by atoms with van der Waals surface area (Å²) < 4.78 is 13.3. The number of fused-ring (bicyclic) bond motifs is 1. The topological polar surface area (TPSA) is 57.9 Å². The van der Waals surface area contributed by atoms with Gasteiger partial charge in [-0.05, 0) is 74.2 Å². The highest BCUT2D eigenvalue weighted by Crippen LogP contribution is 2.34. The lowest BCUT2D eigenvalue weighted by molar-refractivity contribution is 0.215. The highest BCUT2D eigenvalue weighted by atomic mass is 32.1. The molecule has 4 aromatic rings. The van der Waals surface area contributed by atoms with Crippen molar-refractivity contribution < 1.29 is 4.39 Å². The number of para-hydroxylation sites is 1. The van der Waals surface area contributed by atoms with Gasteiger partial charge in [-0.2, -0.15) is 0 Å². The number of hydrogen-bond acceptors (Lipinski definition) is 4. The molecule has 0 saturated carbocycles. The van der Waals surface area contributed by atoms with Crippen LogP contribution >= 0.6 is 11.3 Å². The van der Waals surface area contributed by atoms with Crippen LogP contribution in [0.3, 0.4) is 0 Å². The lowest BCUT2D eigenvalue weighted by Crippen LogP contribution is -2.34. The van der Waals surface area contributed by atoms with Crippen LogP contribution in [0.15, 0.2) is 54.7 Å². The quantitative estimate of drug-likeness (QED) is 0.452. The van der Waals surface area contributed by atoms with E-state index in [4.69, 9.17) is 5.73 Å². The molecular weight excluding hydrogens is 395 g/mol. The first kappa shape index (κ1) is 19.3. The summed E-state index contributed by atoms with van der Waals surface area (Å²) in [6, 6.07) is 15.1. The Morgan fingerprint density at radius 2 is 1.87 bits per heavy atom. The number of halogens is 1. The Bertz CT molecular complexity index is 1140. The number of nitrogens with one attached hydrogen (secondary N) is 1. The van der Waals surface area contributed by atoms with Gasteiger partial charge in [-0.1, -0.05) is 18.2 Å². The molecule has 3 heterocycles. The number of rotatable bonds is 5. The van der Waals surface area contributed by atoms with E-state index in [9.17, 15) is 4.39 Å². The van der Waals surface area contributed by atoms with Crippen molar-refractivity contribution in [3.63, 3.8) is 0 Å². The second kappa shape index (κ2) is 8.20. The molecule has 0 unspecified atom stereocenters. The van der Waals surface area contributed by atoms with Gasteiger partial charge in [0.1, 0.15) is 5.82 Å². The summed E-state index contributed by atoms with van der Waals surface area (Å²) in [4.78, 5) is 11.6. The predicted molar refractivity (Wildman–Crippen MR) is 122 cm³/mol. The second-order valence-electron chi connectivity index (χ2n) is 7.99. The fourth-order valence-corrected chi connectivity index (χ4v) is 5.37. The molecule has 6 heteroatoms. The third-order valence-corrected chi connectivity index (χ3v) is 7.08. The van der Waals surface area contributed by atoms with Crippen molar-refractivity contribution >= 4 is 27.4 Å². The van der Waals surface area contributed by atoms with E-state index in [1.54, 1.807) is 23.5 Å². The Kier molecular flexibility index (Phi) is 5.27. The lowest BCUT2D eigenvalue weighted by Gasteiger charge is -2.31. The third-order valence-electron chi connectivity index (χ3n) is 6.14. The fourth-order valence-electron chi connectivity index (χ4n) is 4.53. The number of H-pyrrole nitrogens is 1. The number of nitrogens with zero attached hydrogens (tertiary/aromatic N) is 2. The number of nitrogens with two attached hydrogens (primary N) is 1. The zero-order chi connectivity index (χ0) is 20.5. The van der Waals surface area contributed by atoms with Crippen LogP contribution in [0, 0.1) is 5.82 Å². The molecule has 1 aliphatic heterocycles. The number of hydrogen-bond donors (Lipinski definition) is 2.